The van der Waals surface area contributed by atoms with Gasteiger partial charge in [-0.15, -0.1) is 0 Å². The van der Waals surface area contributed by atoms with Crippen LogP contribution in [0.1, 0.15) is 23.5 Å². The summed E-state index contributed by atoms with van der Waals surface area (Å²) in [6.45, 7) is 0.334. The first kappa shape index (κ1) is 17.1. The first-order chi connectivity index (χ1) is 11.0. The molecule has 1 amide bonds. The van der Waals surface area contributed by atoms with Crippen LogP contribution in [0.5, 0.6) is 5.75 Å². The largest absolute Gasteiger partial charge is 0.497 e. The van der Waals surface area contributed by atoms with Crippen molar-refractivity contribution < 1.29 is 19.1 Å². The Morgan fingerprint density at radius 3 is 2.74 bits per heavy atom. The van der Waals surface area contributed by atoms with Crippen LogP contribution in [-0.2, 0) is 4.79 Å². The number of nitrogens with zero attached hydrogens (tertiary/aromatic N) is 1. The highest BCUT2D eigenvalue weighted by molar-refractivity contribution is 5.82. The molecule has 0 spiro atoms. The monoisotopic (exact) mass is 318 g/mol. The lowest BCUT2D eigenvalue weighted by Crippen LogP contribution is -2.36. The molecule has 0 aliphatic heterocycles. The number of furan rings is 1. The molecule has 0 saturated heterocycles. The van der Waals surface area contributed by atoms with Crippen LogP contribution >= 0.6 is 0 Å². The zero-order chi connectivity index (χ0) is 16.8. The molecule has 6 nitrogen and oxygen atoms in total. The molecule has 0 bridgehead atoms. The van der Waals surface area contributed by atoms with Crippen LogP contribution < -0.4 is 10.1 Å². The molecule has 0 radical (unpaired) electrons. The van der Waals surface area contributed by atoms with Crippen LogP contribution in [0.15, 0.2) is 47.1 Å². The molecule has 23 heavy (non-hydrogen) atoms. The summed E-state index contributed by atoms with van der Waals surface area (Å²) >= 11 is 0. The standard InChI is InChI=1S/C17H22N2O4/c1-19(2)14(15-8-5-9-23-15)11-18-17(21)16(20)12-6-4-7-13(10-12)22-3/h4-10,14,16,20H,11H2,1-3H3,(H,18,21). The third-order valence-electron chi connectivity index (χ3n) is 3.62. The minimum Gasteiger partial charge on any atom is -0.497 e. The second kappa shape index (κ2) is 7.80. The molecule has 0 aliphatic rings. The second-order valence-corrected chi connectivity index (χ2v) is 5.42. The number of aliphatic hydroxyl groups excluding tert-OH is 1. The molecule has 2 unspecified atom stereocenters. The van der Waals surface area contributed by atoms with E-state index in [9.17, 15) is 9.90 Å². The van der Waals surface area contributed by atoms with Crippen molar-refractivity contribution in [3.63, 3.8) is 0 Å². The Morgan fingerprint density at radius 2 is 2.13 bits per heavy atom. The van der Waals surface area contributed by atoms with Gasteiger partial charge in [-0.1, -0.05) is 12.1 Å². The van der Waals surface area contributed by atoms with Crippen LogP contribution in [0, 0.1) is 0 Å². The zero-order valence-electron chi connectivity index (χ0n) is 13.5. The van der Waals surface area contributed by atoms with Crippen molar-refractivity contribution in [2.24, 2.45) is 0 Å². The minimum absolute atomic E-state index is 0.105. The smallest absolute Gasteiger partial charge is 0.253 e. The number of aliphatic hydroxyl groups is 1. The van der Waals surface area contributed by atoms with Gasteiger partial charge >= 0.3 is 0 Å². The molecule has 1 aromatic heterocycles. The van der Waals surface area contributed by atoms with Crippen LogP contribution in [0.2, 0.25) is 0 Å². The van der Waals surface area contributed by atoms with Gasteiger partial charge in [0.25, 0.3) is 5.91 Å². The highest BCUT2D eigenvalue weighted by atomic mass is 16.5. The molecule has 1 heterocycles. The van der Waals surface area contributed by atoms with Crippen molar-refractivity contribution in [2.75, 3.05) is 27.7 Å². The predicted octanol–water partition coefficient (Wildman–Crippen LogP) is 1.74. The summed E-state index contributed by atoms with van der Waals surface area (Å²) in [4.78, 5) is 14.1. The van der Waals surface area contributed by atoms with Crippen molar-refractivity contribution in [3.8, 4) is 5.75 Å². The van der Waals surface area contributed by atoms with Crippen molar-refractivity contribution in [2.45, 2.75) is 12.1 Å². The fourth-order valence-electron chi connectivity index (χ4n) is 2.28. The van der Waals surface area contributed by atoms with Gasteiger partial charge in [0.2, 0.25) is 0 Å². The third-order valence-corrected chi connectivity index (χ3v) is 3.62. The average molecular weight is 318 g/mol. The van der Waals surface area contributed by atoms with Gasteiger partial charge in [0.05, 0.1) is 19.4 Å². The molecule has 0 aliphatic carbocycles. The number of rotatable bonds is 7. The van der Waals surface area contributed by atoms with E-state index < -0.39 is 12.0 Å². The average Bonchev–Trinajstić information content (AvgIpc) is 3.08. The van der Waals surface area contributed by atoms with Gasteiger partial charge in [-0.05, 0) is 43.9 Å². The van der Waals surface area contributed by atoms with Gasteiger partial charge in [0.1, 0.15) is 11.5 Å². The lowest BCUT2D eigenvalue weighted by Gasteiger charge is -2.23. The number of methoxy groups -OCH3 is 1. The number of carbonyl (C=O) groups excluding carboxylic acids is 1. The molecule has 1 aromatic carbocycles. The Hall–Kier alpha value is -2.31. The molecule has 124 valence electrons. The molecule has 0 fully saturated rings. The summed E-state index contributed by atoms with van der Waals surface area (Å²) in [6, 6.07) is 10.4. The molecule has 2 rings (SSSR count). The van der Waals surface area contributed by atoms with Crippen molar-refractivity contribution in [1.82, 2.24) is 10.2 Å². The molecule has 6 heteroatoms. The van der Waals surface area contributed by atoms with Gasteiger partial charge < -0.3 is 19.6 Å². The van der Waals surface area contributed by atoms with Crippen LogP contribution in [0.4, 0.5) is 0 Å². The lowest BCUT2D eigenvalue weighted by molar-refractivity contribution is -0.129. The van der Waals surface area contributed by atoms with E-state index in [1.54, 1.807) is 36.6 Å². The van der Waals surface area contributed by atoms with Crippen LogP contribution in [0.25, 0.3) is 0 Å². The number of hydrogen-bond donors (Lipinski definition) is 2. The van der Waals surface area contributed by atoms with Crippen LogP contribution in [0.3, 0.4) is 0 Å². The van der Waals surface area contributed by atoms with Gasteiger partial charge in [-0.25, -0.2) is 0 Å². The number of likely N-dealkylation sites (N-methyl/N-ethyl adjacent to an activating group) is 1. The fraction of sp³-hybridized carbons (Fsp3) is 0.353. The number of hydrogen-bond acceptors (Lipinski definition) is 5. The van der Waals surface area contributed by atoms with Gasteiger partial charge in [0, 0.05) is 6.54 Å². The molecule has 0 saturated carbocycles. The van der Waals surface area contributed by atoms with E-state index in [0.717, 1.165) is 5.76 Å². The van der Waals surface area contributed by atoms with Crippen LogP contribution in [-0.4, -0.2) is 43.7 Å². The molecule has 2 aromatic rings. The maximum Gasteiger partial charge on any atom is 0.253 e. The number of amides is 1. The Kier molecular flexibility index (Phi) is 5.78. The highest BCUT2D eigenvalue weighted by Gasteiger charge is 2.22. The van der Waals surface area contributed by atoms with Gasteiger partial charge in [0.15, 0.2) is 6.10 Å². The van der Waals surface area contributed by atoms with E-state index in [0.29, 0.717) is 17.9 Å². The Balaban J connectivity index is 2.00. The third kappa shape index (κ3) is 4.34. The van der Waals surface area contributed by atoms with E-state index in [1.165, 1.54) is 7.11 Å². The first-order valence-electron chi connectivity index (χ1n) is 7.32. The van der Waals surface area contributed by atoms with Crippen molar-refractivity contribution in [1.29, 1.82) is 0 Å². The predicted molar refractivity (Wildman–Crippen MR) is 86.1 cm³/mol. The Labute approximate surface area is 135 Å². The maximum atomic E-state index is 12.2. The topological polar surface area (TPSA) is 74.9 Å². The van der Waals surface area contributed by atoms with E-state index in [-0.39, 0.29) is 6.04 Å². The van der Waals surface area contributed by atoms with Crippen molar-refractivity contribution in [3.05, 3.63) is 54.0 Å². The second-order valence-electron chi connectivity index (χ2n) is 5.42. The maximum absolute atomic E-state index is 12.2. The molecule has 2 N–H and O–H groups in total. The highest BCUT2D eigenvalue weighted by Crippen LogP contribution is 2.20. The number of carbonyl (C=O) groups is 1. The minimum atomic E-state index is -1.25. The first-order valence-corrected chi connectivity index (χ1v) is 7.32. The van der Waals surface area contributed by atoms with E-state index in [2.05, 4.69) is 5.32 Å². The van der Waals surface area contributed by atoms with E-state index in [1.807, 2.05) is 25.1 Å². The fourth-order valence-corrected chi connectivity index (χ4v) is 2.28. The van der Waals surface area contributed by atoms with E-state index in [4.69, 9.17) is 9.15 Å². The Bertz CT molecular complexity index is 625. The summed E-state index contributed by atoms with van der Waals surface area (Å²) in [6.07, 6.45) is 0.350. The molecule has 2 atom stereocenters. The lowest BCUT2D eigenvalue weighted by atomic mass is 10.1. The quantitative estimate of drug-likeness (QED) is 0.813. The number of nitrogens with one attached hydrogen (secondary N) is 1. The molecular weight excluding hydrogens is 296 g/mol. The Morgan fingerprint density at radius 1 is 1.35 bits per heavy atom. The van der Waals surface area contributed by atoms with Gasteiger partial charge in [-0.3, -0.25) is 9.69 Å². The summed E-state index contributed by atoms with van der Waals surface area (Å²) in [5, 5.41) is 12.9. The zero-order valence-corrected chi connectivity index (χ0v) is 13.5. The van der Waals surface area contributed by atoms with Crippen molar-refractivity contribution >= 4 is 5.91 Å². The van der Waals surface area contributed by atoms with Gasteiger partial charge in [-0.2, -0.15) is 0 Å². The number of ether oxygens (including phenoxy) is 1. The number of benzene rings is 1. The summed E-state index contributed by atoms with van der Waals surface area (Å²) in [7, 11) is 5.34. The SMILES string of the molecule is COc1cccc(C(O)C(=O)NCC(c2ccco2)N(C)C)c1. The molecular formula is C17H22N2O4. The summed E-state index contributed by atoms with van der Waals surface area (Å²) in [5.74, 6) is 0.888. The summed E-state index contributed by atoms with van der Waals surface area (Å²) in [5.41, 5.74) is 0.487. The van der Waals surface area contributed by atoms with E-state index >= 15 is 0 Å². The normalized spacial score (nSPS) is 13.6. The summed E-state index contributed by atoms with van der Waals surface area (Å²) < 4.78 is 10.5.